The van der Waals surface area contributed by atoms with Gasteiger partial charge in [0.25, 0.3) is 5.91 Å². The summed E-state index contributed by atoms with van der Waals surface area (Å²) < 4.78 is 13.7. The van der Waals surface area contributed by atoms with Crippen LogP contribution in [0.1, 0.15) is 16.8 Å². The average Bonchev–Trinajstić information content (AvgIpc) is 2.64. The van der Waals surface area contributed by atoms with Crippen LogP contribution in [-0.2, 0) is 0 Å². The molecular weight excluding hydrogens is 283 g/mol. The number of alkyl halides is 1. The van der Waals surface area contributed by atoms with E-state index in [2.05, 4.69) is 4.90 Å². The molecule has 0 aliphatic carbocycles. The van der Waals surface area contributed by atoms with Crippen LogP contribution >= 0.6 is 11.6 Å². The fourth-order valence-electron chi connectivity index (χ4n) is 2.36. The first-order chi connectivity index (χ1) is 9.61. The molecule has 1 heterocycles. The zero-order chi connectivity index (χ0) is 14.5. The second kappa shape index (κ2) is 6.90. The minimum absolute atomic E-state index is 0.00796. The van der Waals surface area contributed by atoms with Crippen LogP contribution in [0.25, 0.3) is 0 Å². The summed E-state index contributed by atoms with van der Waals surface area (Å²) in [6.45, 7) is 3.62. The van der Waals surface area contributed by atoms with Crippen molar-refractivity contribution in [2.24, 2.45) is 0 Å². The van der Waals surface area contributed by atoms with Gasteiger partial charge in [-0.2, -0.15) is 0 Å². The number of benzene rings is 1. The summed E-state index contributed by atoms with van der Waals surface area (Å²) in [4.78, 5) is 16.2. The van der Waals surface area contributed by atoms with Crippen molar-refractivity contribution in [3.63, 3.8) is 0 Å². The van der Waals surface area contributed by atoms with E-state index in [1.165, 1.54) is 12.1 Å². The van der Waals surface area contributed by atoms with Crippen molar-refractivity contribution >= 4 is 17.5 Å². The van der Waals surface area contributed by atoms with Gasteiger partial charge in [-0.3, -0.25) is 4.79 Å². The van der Waals surface area contributed by atoms with Crippen molar-refractivity contribution in [1.29, 1.82) is 0 Å². The lowest BCUT2D eigenvalue weighted by molar-refractivity contribution is 0.0757. The van der Waals surface area contributed by atoms with Gasteiger partial charge in [-0.05, 0) is 25.1 Å². The molecule has 1 aromatic carbocycles. The number of phenolic OH excluding ortho intramolecular Hbond substituents is 1. The molecule has 1 N–H and O–H groups in total. The Kier molecular flexibility index (Phi) is 5.20. The minimum atomic E-state index is -0.683. The maximum absolute atomic E-state index is 13.7. The fourth-order valence-corrected chi connectivity index (χ4v) is 2.60. The molecule has 0 atom stereocenters. The van der Waals surface area contributed by atoms with Gasteiger partial charge in [0.1, 0.15) is 11.6 Å². The quantitative estimate of drug-likeness (QED) is 0.867. The van der Waals surface area contributed by atoms with Gasteiger partial charge >= 0.3 is 0 Å². The molecule has 1 aliphatic rings. The van der Waals surface area contributed by atoms with Crippen molar-refractivity contribution in [1.82, 2.24) is 9.80 Å². The number of hydrogen-bond acceptors (Lipinski definition) is 3. The Bertz CT molecular complexity index is 484. The van der Waals surface area contributed by atoms with E-state index >= 15 is 0 Å². The highest BCUT2D eigenvalue weighted by molar-refractivity contribution is 6.18. The zero-order valence-electron chi connectivity index (χ0n) is 11.2. The van der Waals surface area contributed by atoms with Crippen molar-refractivity contribution in [3.05, 3.63) is 29.6 Å². The molecule has 1 fully saturated rings. The normalized spacial score (nSPS) is 17.0. The topological polar surface area (TPSA) is 43.8 Å². The molecule has 1 aromatic rings. The first-order valence-electron chi connectivity index (χ1n) is 6.68. The molecule has 0 bridgehead atoms. The monoisotopic (exact) mass is 300 g/mol. The molecule has 0 saturated carbocycles. The van der Waals surface area contributed by atoms with Gasteiger partial charge in [0, 0.05) is 38.1 Å². The number of halogens is 2. The van der Waals surface area contributed by atoms with Crippen LogP contribution in [0.15, 0.2) is 18.2 Å². The molecule has 0 radical (unpaired) electrons. The SMILES string of the molecule is O=C(c1ccc(O)cc1F)N1CCCN(CCCl)CC1. The fraction of sp³-hybridized carbons (Fsp3) is 0.500. The molecule has 0 unspecified atom stereocenters. The maximum atomic E-state index is 13.7. The van der Waals surface area contributed by atoms with Gasteiger partial charge in [0.15, 0.2) is 0 Å². The van der Waals surface area contributed by atoms with Crippen LogP contribution in [0.5, 0.6) is 5.75 Å². The van der Waals surface area contributed by atoms with E-state index in [-0.39, 0.29) is 17.2 Å². The van der Waals surface area contributed by atoms with Crippen LogP contribution in [0, 0.1) is 5.82 Å². The lowest BCUT2D eigenvalue weighted by atomic mass is 10.1. The highest BCUT2D eigenvalue weighted by Gasteiger charge is 2.22. The minimum Gasteiger partial charge on any atom is -0.508 e. The number of amides is 1. The Morgan fingerprint density at radius 1 is 1.30 bits per heavy atom. The van der Waals surface area contributed by atoms with E-state index in [1.807, 2.05) is 0 Å². The highest BCUT2D eigenvalue weighted by atomic mass is 35.5. The number of nitrogens with zero attached hydrogens (tertiary/aromatic N) is 2. The predicted molar refractivity (Wildman–Crippen MR) is 75.7 cm³/mol. The van der Waals surface area contributed by atoms with Crippen molar-refractivity contribution < 1.29 is 14.3 Å². The van der Waals surface area contributed by atoms with Crippen LogP contribution < -0.4 is 0 Å². The number of carbonyl (C=O) groups is 1. The molecule has 110 valence electrons. The maximum Gasteiger partial charge on any atom is 0.256 e. The van der Waals surface area contributed by atoms with Crippen LogP contribution in [0.2, 0.25) is 0 Å². The Hall–Kier alpha value is -1.33. The summed E-state index contributed by atoms with van der Waals surface area (Å²) in [6, 6.07) is 3.62. The zero-order valence-corrected chi connectivity index (χ0v) is 11.9. The van der Waals surface area contributed by atoms with Crippen LogP contribution in [0.3, 0.4) is 0 Å². The lowest BCUT2D eigenvalue weighted by Crippen LogP contribution is -2.36. The molecule has 20 heavy (non-hydrogen) atoms. The number of rotatable bonds is 3. The van der Waals surface area contributed by atoms with E-state index in [0.29, 0.717) is 19.0 Å². The van der Waals surface area contributed by atoms with Crippen molar-refractivity contribution in [2.75, 3.05) is 38.6 Å². The first kappa shape index (κ1) is 15.1. The second-order valence-electron chi connectivity index (χ2n) is 4.84. The standard InChI is InChI=1S/C14H18ClFN2O2/c15-4-7-17-5-1-6-18(9-8-17)14(20)12-3-2-11(19)10-13(12)16/h2-3,10,19H,1,4-9H2. The van der Waals surface area contributed by atoms with E-state index in [9.17, 15) is 14.3 Å². The highest BCUT2D eigenvalue weighted by Crippen LogP contribution is 2.17. The molecule has 0 spiro atoms. The Morgan fingerprint density at radius 2 is 2.10 bits per heavy atom. The smallest absolute Gasteiger partial charge is 0.256 e. The third-order valence-electron chi connectivity index (χ3n) is 3.46. The van der Waals surface area contributed by atoms with Crippen LogP contribution in [-0.4, -0.2) is 59.4 Å². The lowest BCUT2D eigenvalue weighted by Gasteiger charge is -2.21. The molecule has 1 aliphatic heterocycles. The largest absolute Gasteiger partial charge is 0.508 e. The van der Waals surface area contributed by atoms with Crippen LogP contribution in [0.4, 0.5) is 4.39 Å². The van der Waals surface area contributed by atoms with Gasteiger partial charge in [0.05, 0.1) is 5.56 Å². The number of phenols is 1. The summed E-state index contributed by atoms with van der Waals surface area (Å²) in [7, 11) is 0. The molecule has 1 amide bonds. The van der Waals surface area contributed by atoms with E-state index in [0.717, 1.165) is 32.1 Å². The van der Waals surface area contributed by atoms with Gasteiger partial charge in [-0.25, -0.2) is 4.39 Å². The second-order valence-corrected chi connectivity index (χ2v) is 5.22. The molecule has 4 nitrogen and oxygen atoms in total. The summed E-state index contributed by atoms with van der Waals surface area (Å²) in [5, 5.41) is 9.18. The van der Waals surface area contributed by atoms with Gasteiger partial charge in [-0.1, -0.05) is 0 Å². The Balaban J connectivity index is 2.05. The predicted octanol–water partition coefficient (Wildman–Crippen LogP) is 1.92. The third kappa shape index (κ3) is 3.61. The molecule has 1 saturated heterocycles. The number of aromatic hydroxyl groups is 1. The number of hydrogen-bond donors (Lipinski definition) is 1. The summed E-state index contributed by atoms with van der Waals surface area (Å²) in [5.41, 5.74) is 0.00796. The summed E-state index contributed by atoms with van der Waals surface area (Å²) in [5.74, 6) is -0.615. The average molecular weight is 301 g/mol. The summed E-state index contributed by atoms with van der Waals surface area (Å²) >= 11 is 5.72. The van der Waals surface area contributed by atoms with Gasteiger partial charge in [0.2, 0.25) is 0 Å². The third-order valence-corrected chi connectivity index (χ3v) is 3.63. The van der Waals surface area contributed by atoms with E-state index in [1.54, 1.807) is 4.90 Å². The summed E-state index contributed by atoms with van der Waals surface area (Å²) in [6.07, 6.45) is 0.850. The Labute approximate surface area is 122 Å². The molecule has 6 heteroatoms. The van der Waals surface area contributed by atoms with E-state index in [4.69, 9.17) is 11.6 Å². The molecule has 2 rings (SSSR count). The molecule has 0 aromatic heterocycles. The van der Waals surface area contributed by atoms with Gasteiger partial charge in [-0.15, -0.1) is 11.6 Å². The molecular formula is C14H18ClFN2O2. The van der Waals surface area contributed by atoms with Gasteiger partial charge < -0.3 is 14.9 Å². The van der Waals surface area contributed by atoms with Crippen molar-refractivity contribution in [3.8, 4) is 5.75 Å². The number of carbonyl (C=O) groups excluding carboxylic acids is 1. The van der Waals surface area contributed by atoms with E-state index < -0.39 is 5.82 Å². The van der Waals surface area contributed by atoms with Crippen molar-refractivity contribution in [2.45, 2.75) is 6.42 Å². The Morgan fingerprint density at radius 3 is 2.80 bits per heavy atom. The first-order valence-corrected chi connectivity index (χ1v) is 7.21.